The summed E-state index contributed by atoms with van der Waals surface area (Å²) < 4.78 is 17.0. The van der Waals surface area contributed by atoms with Gasteiger partial charge in [-0.3, -0.25) is 9.69 Å². The van der Waals surface area contributed by atoms with Gasteiger partial charge in [0.2, 0.25) is 0 Å². The van der Waals surface area contributed by atoms with Crippen LogP contribution < -0.4 is 15.0 Å². The largest absolute Gasteiger partial charge is 0.503 e. The molecular formula is C22H29N3O6. The van der Waals surface area contributed by atoms with Crippen LogP contribution >= 0.6 is 0 Å². The summed E-state index contributed by atoms with van der Waals surface area (Å²) in [6, 6.07) is 7.16. The smallest absolute Gasteiger partial charge is 0.409 e. The molecule has 1 aromatic carbocycles. The first-order chi connectivity index (χ1) is 14.9. The van der Waals surface area contributed by atoms with Gasteiger partial charge in [0.25, 0.3) is 5.56 Å². The van der Waals surface area contributed by atoms with E-state index in [1.54, 1.807) is 44.4 Å². The molecule has 1 N–H and O–H groups in total. The third-order valence-electron chi connectivity index (χ3n) is 5.28. The standard InChI is InChI=1S/C22H29N3O6/c1-4-31-22(28)24-9-7-23(8-10-24)15-17-5-6-25(21(27)20(17)26)14-16-11-18(29-2)13-19(12-16)30-3/h5-6,11-13,26H,4,7-10,14-15H2,1-3H3. The average Bonchev–Trinajstić information content (AvgIpc) is 2.79. The summed E-state index contributed by atoms with van der Waals surface area (Å²) in [4.78, 5) is 28.3. The Labute approximate surface area is 181 Å². The Hall–Kier alpha value is -3.20. The summed E-state index contributed by atoms with van der Waals surface area (Å²) in [5, 5.41) is 10.5. The van der Waals surface area contributed by atoms with Crippen LogP contribution in [0.5, 0.6) is 17.2 Å². The first-order valence-corrected chi connectivity index (χ1v) is 10.2. The molecule has 1 aromatic heterocycles. The van der Waals surface area contributed by atoms with Crippen LogP contribution in [0, 0.1) is 0 Å². The van der Waals surface area contributed by atoms with Gasteiger partial charge in [0.05, 0.1) is 27.4 Å². The maximum Gasteiger partial charge on any atom is 0.409 e. The number of piperazine rings is 1. The van der Waals surface area contributed by atoms with Crippen molar-refractivity contribution in [3.05, 3.63) is 51.9 Å². The fraction of sp³-hybridized carbons (Fsp3) is 0.455. The molecule has 0 unspecified atom stereocenters. The van der Waals surface area contributed by atoms with Gasteiger partial charge < -0.3 is 28.8 Å². The van der Waals surface area contributed by atoms with E-state index in [0.29, 0.717) is 56.4 Å². The minimum atomic E-state index is -0.454. The molecule has 2 heterocycles. The number of amides is 1. The van der Waals surface area contributed by atoms with Crippen molar-refractivity contribution in [2.24, 2.45) is 0 Å². The van der Waals surface area contributed by atoms with Crippen LogP contribution in [0.25, 0.3) is 0 Å². The monoisotopic (exact) mass is 431 g/mol. The van der Waals surface area contributed by atoms with Crippen LogP contribution in [-0.2, 0) is 17.8 Å². The summed E-state index contributed by atoms with van der Waals surface area (Å²) in [6.45, 7) is 5.23. The van der Waals surface area contributed by atoms with Gasteiger partial charge in [0.1, 0.15) is 11.5 Å². The topological polar surface area (TPSA) is 93.5 Å². The van der Waals surface area contributed by atoms with Crippen molar-refractivity contribution >= 4 is 6.09 Å². The first kappa shape index (κ1) is 22.5. The summed E-state index contributed by atoms with van der Waals surface area (Å²) in [6.07, 6.45) is 1.37. The fourth-order valence-corrected chi connectivity index (χ4v) is 3.55. The van der Waals surface area contributed by atoms with Gasteiger partial charge in [-0.15, -0.1) is 0 Å². The highest BCUT2D eigenvalue weighted by atomic mass is 16.6. The minimum absolute atomic E-state index is 0.259. The molecule has 2 aromatic rings. The minimum Gasteiger partial charge on any atom is -0.503 e. The van der Waals surface area contributed by atoms with E-state index in [1.807, 2.05) is 12.1 Å². The van der Waals surface area contributed by atoms with E-state index in [1.165, 1.54) is 4.57 Å². The van der Waals surface area contributed by atoms with Crippen molar-refractivity contribution in [1.82, 2.24) is 14.4 Å². The molecular weight excluding hydrogens is 402 g/mol. The predicted molar refractivity (Wildman–Crippen MR) is 115 cm³/mol. The highest BCUT2D eigenvalue weighted by molar-refractivity contribution is 5.67. The molecule has 9 heteroatoms. The molecule has 0 spiro atoms. The summed E-state index contributed by atoms with van der Waals surface area (Å²) >= 11 is 0. The molecule has 1 aliphatic rings. The van der Waals surface area contributed by atoms with Crippen LogP contribution in [0.3, 0.4) is 0 Å². The molecule has 1 amide bonds. The molecule has 1 saturated heterocycles. The Bertz CT molecular complexity index is 944. The number of aromatic nitrogens is 1. The third-order valence-corrected chi connectivity index (χ3v) is 5.28. The molecule has 31 heavy (non-hydrogen) atoms. The molecule has 3 rings (SSSR count). The van der Waals surface area contributed by atoms with Crippen LogP contribution in [-0.4, -0.2) is 72.6 Å². The Morgan fingerprint density at radius 1 is 1.03 bits per heavy atom. The lowest BCUT2D eigenvalue weighted by Crippen LogP contribution is -2.48. The molecule has 0 radical (unpaired) electrons. The quantitative estimate of drug-likeness (QED) is 0.716. The van der Waals surface area contributed by atoms with Crippen molar-refractivity contribution in [2.75, 3.05) is 47.0 Å². The number of carbonyl (C=O) groups excluding carboxylic acids is 1. The van der Waals surface area contributed by atoms with E-state index in [0.717, 1.165) is 5.56 Å². The lowest BCUT2D eigenvalue weighted by Gasteiger charge is -2.34. The highest BCUT2D eigenvalue weighted by Crippen LogP contribution is 2.23. The lowest BCUT2D eigenvalue weighted by molar-refractivity contribution is 0.0776. The van der Waals surface area contributed by atoms with Gasteiger partial charge in [-0.1, -0.05) is 0 Å². The molecule has 0 atom stereocenters. The van der Waals surface area contributed by atoms with E-state index in [4.69, 9.17) is 14.2 Å². The Balaban J connectivity index is 1.68. The zero-order valence-electron chi connectivity index (χ0n) is 18.2. The zero-order valence-corrected chi connectivity index (χ0v) is 18.2. The van der Waals surface area contributed by atoms with Gasteiger partial charge in [0, 0.05) is 50.6 Å². The first-order valence-electron chi connectivity index (χ1n) is 10.2. The van der Waals surface area contributed by atoms with Crippen molar-refractivity contribution < 1.29 is 24.1 Å². The second-order valence-corrected chi connectivity index (χ2v) is 7.31. The van der Waals surface area contributed by atoms with E-state index in [-0.39, 0.29) is 18.4 Å². The molecule has 1 aliphatic heterocycles. The SMILES string of the molecule is CCOC(=O)N1CCN(Cc2ccn(Cc3cc(OC)cc(OC)c3)c(=O)c2O)CC1. The van der Waals surface area contributed by atoms with Crippen LogP contribution in [0.2, 0.25) is 0 Å². The summed E-state index contributed by atoms with van der Waals surface area (Å²) in [7, 11) is 3.13. The predicted octanol–water partition coefficient (Wildman–Crippen LogP) is 1.89. The number of aromatic hydroxyl groups is 1. The van der Waals surface area contributed by atoms with E-state index >= 15 is 0 Å². The second kappa shape index (κ2) is 10.2. The van der Waals surface area contributed by atoms with Gasteiger partial charge in [-0.25, -0.2) is 4.79 Å². The zero-order chi connectivity index (χ0) is 22.4. The van der Waals surface area contributed by atoms with Crippen molar-refractivity contribution in [3.8, 4) is 17.2 Å². The van der Waals surface area contributed by atoms with E-state index in [2.05, 4.69) is 4.90 Å². The molecule has 168 valence electrons. The lowest BCUT2D eigenvalue weighted by atomic mass is 10.1. The molecule has 0 saturated carbocycles. The van der Waals surface area contributed by atoms with Gasteiger partial charge in [-0.2, -0.15) is 0 Å². The van der Waals surface area contributed by atoms with Crippen molar-refractivity contribution in [3.63, 3.8) is 0 Å². The van der Waals surface area contributed by atoms with Gasteiger partial charge in [-0.05, 0) is 30.7 Å². The maximum absolute atomic E-state index is 12.7. The number of carbonyl (C=O) groups is 1. The number of hydrogen-bond donors (Lipinski definition) is 1. The number of methoxy groups -OCH3 is 2. The Kier molecular flexibility index (Phi) is 7.41. The summed E-state index contributed by atoms with van der Waals surface area (Å²) in [5.41, 5.74) is 0.930. The normalized spacial score (nSPS) is 14.4. The molecule has 1 fully saturated rings. The highest BCUT2D eigenvalue weighted by Gasteiger charge is 2.23. The molecule has 0 aliphatic carbocycles. The van der Waals surface area contributed by atoms with Gasteiger partial charge >= 0.3 is 6.09 Å². The number of nitrogens with zero attached hydrogens (tertiary/aromatic N) is 3. The molecule has 9 nitrogen and oxygen atoms in total. The second-order valence-electron chi connectivity index (χ2n) is 7.31. The van der Waals surface area contributed by atoms with E-state index < -0.39 is 5.56 Å². The number of benzene rings is 1. The van der Waals surface area contributed by atoms with Crippen molar-refractivity contribution in [2.45, 2.75) is 20.0 Å². The Morgan fingerprint density at radius 2 is 1.68 bits per heavy atom. The van der Waals surface area contributed by atoms with Crippen molar-refractivity contribution in [1.29, 1.82) is 0 Å². The summed E-state index contributed by atoms with van der Waals surface area (Å²) in [5.74, 6) is 1.00. The van der Waals surface area contributed by atoms with Gasteiger partial charge in [0.15, 0.2) is 5.75 Å². The fourth-order valence-electron chi connectivity index (χ4n) is 3.55. The van der Waals surface area contributed by atoms with Crippen LogP contribution in [0.1, 0.15) is 18.1 Å². The number of rotatable bonds is 7. The molecule has 0 bridgehead atoms. The van der Waals surface area contributed by atoms with Crippen LogP contribution in [0.4, 0.5) is 4.79 Å². The number of ether oxygens (including phenoxy) is 3. The number of hydrogen-bond acceptors (Lipinski definition) is 7. The Morgan fingerprint density at radius 3 is 2.26 bits per heavy atom. The average molecular weight is 431 g/mol. The third kappa shape index (κ3) is 5.49. The maximum atomic E-state index is 12.7. The number of pyridine rings is 1. The van der Waals surface area contributed by atoms with Crippen LogP contribution in [0.15, 0.2) is 35.3 Å². The van der Waals surface area contributed by atoms with E-state index in [9.17, 15) is 14.7 Å².